The van der Waals surface area contributed by atoms with E-state index < -0.39 is 47.8 Å². The lowest BCUT2D eigenvalue weighted by molar-refractivity contribution is -0.150. The van der Waals surface area contributed by atoms with Gasteiger partial charge in [-0.1, -0.05) is 0 Å². The van der Waals surface area contributed by atoms with Crippen LogP contribution in [0.1, 0.15) is 0 Å². The average Bonchev–Trinajstić information content (AvgIpc) is 2.61. The summed E-state index contributed by atoms with van der Waals surface area (Å²) in [5.41, 5.74) is -0.916. The first-order chi connectivity index (χ1) is 7.91. The molecule has 1 aromatic rings. The molecule has 17 heavy (non-hydrogen) atoms. The zero-order chi connectivity index (χ0) is 12.7. The molecule has 1 aliphatic heterocycles. The summed E-state index contributed by atoms with van der Waals surface area (Å²) >= 11 is 0. The Balaban J connectivity index is 2.47. The van der Waals surface area contributed by atoms with Gasteiger partial charge in [-0.15, -0.1) is 0 Å². The van der Waals surface area contributed by atoms with Crippen molar-refractivity contribution in [2.45, 2.75) is 0 Å². The molecule has 0 radical (unpaired) electrons. The number of carbonyl (C=O) groups is 2. The molecular formula is C8HBF4O4. The fourth-order valence-corrected chi connectivity index (χ4v) is 1.20. The largest absolute Gasteiger partial charge is 0.640 e. The Morgan fingerprint density at radius 2 is 1.41 bits per heavy atom. The van der Waals surface area contributed by atoms with E-state index in [9.17, 15) is 27.2 Å². The van der Waals surface area contributed by atoms with Crippen molar-refractivity contribution < 1.29 is 36.5 Å². The minimum atomic E-state index is -2.08. The first-order valence-corrected chi connectivity index (χ1v) is 4.16. The van der Waals surface area contributed by atoms with Gasteiger partial charge >= 0.3 is 19.1 Å². The Hall–Kier alpha value is -2.06. The molecule has 0 saturated carbocycles. The summed E-state index contributed by atoms with van der Waals surface area (Å²) in [6, 6.07) is 0.240. The van der Waals surface area contributed by atoms with Gasteiger partial charge in [-0.25, -0.2) is 27.2 Å². The van der Waals surface area contributed by atoms with Gasteiger partial charge in [0.1, 0.15) is 0 Å². The highest BCUT2D eigenvalue weighted by Crippen LogP contribution is 2.15. The van der Waals surface area contributed by atoms with Crippen LogP contribution in [0.2, 0.25) is 0 Å². The molecule has 2 rings (SSSR count). The molecule has 0 N–H and O–H groups in total. The van der Waals surface area contributed by atoms with Crippen LogP contribution in [0.15, 0.2) is 6.07 Å². The third kappa shape index (κ3) is 1.73. The van der Waals surface area contributed by atoms with Gasteiger partial charge in [-0.3, -0.25) is 0 Å². The van der Waals surface area contributed by atoms with Crippen molar-refractivity contribution in [3.05, 3.63) is 29.3 Å². The smallest absolute Gasteiger partial charge is 0.487 e. The molecule has 0 unspecified atom stereocenters. The summed E-state index contributed by atoms with van der Waals surface area (Å²) in [4.78, 5) is 21.3. The highest BCUT2D eigenvalue weighted by atomic mass is 19.2. The van der Waals surface area contributed by atoms with E-state index >= 15 is 0 Å². The Morgan fingerprint density at radius 1 is 0.882 bits per heavy atom. The number of rotatable bonds is 1. The topological polar surface area (TPSA) is 52.6 Å². The van der Waals surface area contributed by atoms with E-state index in [1.165, 1.54) is 0 Å². The number of carbonyl (C=O) groups excluding carboxylic acids is 2. The summed E-state index contributed by atoms with van der Waals surface area (Å²) < 4.78 is 59.8. The molecule has 1 heterocycles. The first-order valence-electron chi connectivity index (χ1n) is 4.16. The fraction of sp³-hybridized carbons (Fsp3) is 0. The molecule has 0 aromatic heterocycles. The molecule has 1 aliphatic rings. The monoisotopic (exact) mass is 248 g/mol. The second-order valence-electron chi connectivity index (χ2n) is 3.03. The summed E-state index contributed by atoms with van der Waals surface area (Å²) in [6.45, 7) is 0. The SMILES string of the molecule is O=C1OB(c2cc(F)c(F)c(F)c2F)OC1=O. The average molecular weight is 248 g/mol. The summed E-state index contributed by atoms with van der Waals surface area (Å²) in [5, 5.41) is 0. The van der Waals surface area contributed by atoms with E-state index in [1.54, 1.807) is 0 Å². The second kappa shape index (κ2) is 3.76. The van der Waals surface area contributed by atoms with E-state index in [-0.39, 0.29) is 6.07 Å². The minimum absolute atomic E-state index is 0.240. The summed E-state index contributed by atoms with van der Waals surface area (Å²) in [5.74, 6) is -10.4. The molecular weight excluding hydrogens is 247 g/mol. The molecule has 1 fully saturated rings. The Labute approximate surface area is 91.3 Å². The van der Waals surface area contributed by atoms with Crippen molar-refractivity contribution in [2.24, 2.45) is 0 Å². The maximum absolute atomic E-state index is 13.2. The van der Waals surface area contributed by atoms with Crippen LogP contribution in [0.5, 0.6) is 0 Å². The van der Waals surface area contributed by atoms with E-state index in [0.717, 1.165) is 0 Å². The highest BCUT2D eigenvalue weighted by Gasteiger charge is 2.45. The van der Waals surface area contributed by atoms with E-state index in [1.807, 2.05) is 0 Å². The van der Waals surface area contributed by atoms with Crippen molar-refractivity contribution in [1.82, 2.24) is 0 Å². The Kier molecular flexibility index (Phi) is 2.53. The van der Waals surface area contributed by atoms with Crippen LogP contribution in [-0.4, -0.2) is 19.1 Å². The van der Waals surface area contributed by atoms with Crippen LogP contribution in [0.4, 0.5) is 17.6 Å². The molecule has 0 bridgehead atoms. The molecule has 0 amide bonds. The zero-order valence-electron chi connectivity index (χ0n) is 7.80. The number of hydrogen-bond acceptors (Lipinski definition) is 4. The predicted octanol–water partition coefficient (Wildman–Crippen LogP) is 0.0382. The van der Waals surface area contributed by atoms with Crippen LogP contribution in [-0.2, 0) is 18.9 Å². The molecule has 0 spiro atoms. The van der Waals surface area contributed by atoms with Crippen molar-refractivity contribution in [3.63, 3.8) is 0 Å². The molecule has 1 saturated heterocycles. The minimum Gasteiger partial charge on any atom is -0.487 e. The van der Waals surface area contributed by atoms with Gasteiger partial charge in [0.15, 0.2) is 23.3 Å². The van der Waals surface area contributed by atoms with E-state index in [0.29, 0.717) is 0 Å². The Bertz CT molecular complexity index is 517. The van der Waals surface area contributed by atoms with E-state index in [2.05, 4.69) is 9.31 Å². The van der Waals surface area contributed by atoms with Gasteiger partial charge in [0.25, 0.3) is 0 Å². The molecule has 0 atom stereocenters. The number of benzene rings is 1. The lowest BCUT2D eigenvalue weighted by Crippen LogP contribution is -2.36. The second-order valence-corrected chi connectivity index (χ2v) is 3.03. The summed E-state index contributed by atoms with van der Waals surface area (Å²) in [6.07, 6.45) is 0. The van der Waals surface area contributed by atoms with E-state index in [4.69, 9.17) is 0 Å². The predicted molar refractivity (Wildman–Crippen MR) is 43.8 cm³/mol. The van der Waals surface area contributed by atoms with Crippen LogP contribution >= 0.6 is 0 Å². The molecule has 9 heteroatoms. The van der Waals surface area contributed by atoms with Gasteiger partial charge in [0.2, 0.25) is 0 Å². The maximum Gasteiger partial charge on any atom is 0.640 e. The van der Waals surface area contributed by atoms with Crippen LogP contribution in [0.25, 0.3) is 0 Å². The van der Waals surface area contributed by atoms with Gasteiger partial charge < -0.3 is 9.31 Å². The van der Waals surface area contributed by atoms with Crippen molar-refractivity contribution >= 4 is 24.5 Å². The number of hydrogen-bond donors (Lipinski definition) is 0. The van der Waals surface area contributed by atoms with Crippen molar-refractivity contribution in [1.29, 1.82) is 0 Å². The van der Waals surface area contributed by atoms with Crippen molar-refractivity contribution in [3.8, 4) is 0 Å². The molecule has 0 aliphatic carbocycles. The van der Waals surface area contributed by atoms with Crippen LogP contribution in [0, 0.1) is 23.3 Å². The van der Waals surface area contributed by atoms with Gasteiger partial charge in [0, 0.05) is 0 Å². The fourth-order valence-electron chi connectivity index (χ4n) is 1.20. The lowest BCUT2D eigenvalue weighted by atomic mass is 9.79. The van der Waals surface area contributed by atoms with Gasteiger partial charge in [0.05, 0.1) is 5.46 Å². The van der Waals surface area contributed by atoms with Gasteiger partial charge in [-0.05, 0) is 6.07 Å². The normalized spacial score (nSPS) is 14.9. The standard InChI is InChI=1S/C8HBF4O4/c10-3-1-2(4(11)6(13)5(3)12)9-16-7(14)8(15)17-9/h1H. The third-order valence-electron chi connectivity index (χ3n) is 1.98. The lowest BCUT2D eigenvalue weighted by Gasteiger charge is -2.05. The molecule has 88 valence electrons. The highest BCUT2D eigenvalue weighted by molar-refractivity contribution is 6.71. The number of halogens is 4. The zero-order valence-corrected chi connectivity index (χ0v) is 7.80. The van der Waals surface area contributed by atoms with Gasteiger partial charge in [-0.2, -0.15) is 0 Å². The van der Waals surface area contributed by atoms with Crippen molar-refractivity contribution in [2.75, 3.05) is 0 Å². The summed E-state index contributed by atoms with van der Waals surface area (Å²) in [7, 11) is -1.92. The molecule has 1 aromatic carbocycles. The quantitative estimate of drug-likeness (QED) is 0.231. The van der Waals surface area contributed by atoms with Crippen LogP contribution < -0.4 is 5.46 Å². The third-order valence-corrected chi connectivity index (χ3v) is 1.98. The van der Waals surface area contributed by atoms with Crippen LogP contribution in [0.3, 0.4) is 0 Å². The first kappa shape index (κ1) is 11.4. The Morgan fingerprint density at radius 3 is 1.94 bits per heavy atom. The molecule has 4 nitrogen and oxygen atoms in total. The maximum atomic E-state index is 13.2.